The van der Waals surface area contributed by atoms with Crippen LogP contribution in [0.5, 0.6) is 0 Å². The molecular formula is C17H32ClF3N4O2. The summed E-state index contributed by atoms with van der Waals surface area (Å²) in [4.78, 5) is 25.7. The highest BCUT2D eigenvalue weighted by Gasteiger charge is 2.44. The number of hydrogen-bond donors (Lipinski definition) is 3. The highest BCUT2D eigenvalue weighted by atomic mass is 35.5. The van der Waals surface area contributed by atoms with Crippen molar-refractivity contribution in [2.75, 3.05) is 32.7 Å². The maximum atomic E-state index is 13.4. The zero-order chi connectivity index (χ0) is 19.9. The van der Waals surface area contributed by atoms with Gasteiger partial charge in [-0.2, -0.15) is 13.2 Å². The van der Waals surface area contributed by atoms with Gasteiger partial charge in [-0.3, -0.25) is 14.5 Å². The average molecular weight is 417 g/mol. The molecule has 0 spiro atoms. The van der Waals surface area contributed by atoms with Crippen molar-refractivity contribution in [2.24, 2.45) is 11.8 Å². The summed E-state index contributed by atoms with van der Waals surface area (Å²) < 4.78 is 40.2. The van der Waals surface area contributed by atoms with Crippen molar-refractivity contribution >= 4 is 24.2 Å². The molecule has 27 heavy (non-hydrogen) atoms. The van der Waals surface area contributed by atoms with Gasteiger partial charge in [0.2, 0.25) is 11.8 Å². The van der Waals surface area contributed by atoms with E-state index in [0.29, 0.717) is 13.1 Å². The molecule has 2 atom stereocenters. The SMILES string of the molecule is CC(C)CC(=O)NC(C(=O)NCC(N1CCNCC1)C(F)(F)F)C(C)C.Cl. The first kappa shape index (κ1) is 25.9. The minimum Gasteiger partial charge on any atom is -0.352 e. The number of amides is 2. The molecule has 160 valence electrons. The van der Waals surface area contributed by atoms with Crippen LogP contribution in [0.4, 0.5) is 13.2 Å². The minimum atomic E-state index is -4.43. The zero-order valence-electron chi connectivity index (χ0n) is 16.4. The molecule has 0 aliphatic carbocycles. The Morgan fingerprint density at radius 3 is 2.11 bits per heavy atom. The fraction of sp³-hybridized carbons (Fsp3) is 0.882. The minimum absolute atomic E-state index is 0. The van der Waals surface area contributed by atoms with Gasteiger partial charge in [0.05, 0.1) is 0 Å². The lowest BCUT2D eigenvalue weighted by Crippen LogP contribution is -2.59. The van der Waals surface area contributed by atoms with Crippen molar-refractivity contribution in [1.29, 1.82) is 0 Å². The van der Waals surface area contributed by atoms with E-state index in [4.69, 9.17) is 0 Å². The number of hydrogen-bond acceptors (Lipinski definition) is 4. The Labute approximate surface area is 165 Å². The molecule has 0 aromatic carbocycles. The number of nitrogens with one attached hydrogen (secondary N) is 3. The normalized spacial score (nSPS) is 18.0. The first-order chi connectivity index (χ1) is 12.0. The van der Waals surface area contributed by atoms with Crippen molar-refractivity contribution in [3.05, 3.63) is 0 Å². The van der Waals surface area contributed by atoms with E-state index in [9.17, 15) is 22.8 Å². The van der Waals surface area contributed by atoms with Gasteiger partial charge >= 0.3 is 6.18 Å². The van der Waals surface area contributed by atoms with E-state index >= 15 is 0 Å². The Bertz CT molecular complexity index is 470. The van der Waals surface area contributed by atoms with Crippen LogP contribution in [-0.4, -0.2) is 67.7 Å². The summed E-state index contributed by atoms with van der Waals surface area (Å²) in [5, 5.41) is 8.04. The van der Waals surface area contributed by atoms with Crippen molar-refractivity contribution in [2.45, 2.75) is 52.4 Å². The molecule has 0 aromatic rings. The van der Waals surface area contributed by atoms with Gasteiger partial charge in [0.1, 0.15) is 12.1 Å². The monoisotopic (exact) mass is 416 g/mol. The number of carbonyl (C=O) groups is 2. The molecule has 1 fully saturated rings. The van der Waals surface area contributed by atoms with Crippen LogP contribution in [0, 0.1) is 11.8 Å². The van der Waals surface area contributed by atoms with Crippen molar-refractivity contribution < 1.29 is 22.8 Å². The third-order valence-electron chi connectivity index (χ3n) is 4.30. The van der Waals surface area contributed by atoms with Gasteiger partial charge < -0.3 is 16.0 Å². The van der Waals surface area contributed by atoms with E-state index in [1.54, 1.807) is 13.8 Å². The molecule has 1 aliphatic rings. The van der Waals surface area contributed by atoms with Gasteiger partial charge in [0.25, 0.3) is 0 Å². The summed E-state index contributed by atoms with van der Waals surface area (Å²) in [6.07, 6.45) is -4.17. The van der Waals surface area contributed by atoms with Gasteiger partial charge in [0, 0.05) is 39.1 Å². The average Bonchev–Trinajstić information content (AvgIpc) is 2.51. The molecule has 1 aliphatic heterocycles. The predicted molar refractivity (Wildman–Crippen MR) is 101 cm³/mol. The number of carbonyl (C=O) groups excluding carboxylic acids is 2. The maximum Gasteiger partial charge on any atom is 0.405 e. The Balaban J connectivity index is 0.00000676. The van der Waals surface area contributed by atoms with Crippen LogP contribution in [0.2, 0.25) is 0 Å². The van der Waals surface area contributed by atoms with E-state index in [2.05, 4.69) is 16.0 Å². The molecule has 0 aromatic heterocycles. The molecule has 3 N–H and O–H groups in total. The second-order valence-corrected chi connectivity index (χ2v) is 7.48. The van der Waals surface area contributed by atoms with Crippen LogP contribution in [-0.2, 0) is 9.59 Å². The van der Waals surface area contributed by atoms with Gasteiger partial charge in [-0.25, -0.2) is 0 Å². The van der Waals surface area contributed by atoms with Crippen LogP contribution in [0.1, 0.15) is 34.1 Å². The molecule has 0 bridgehead atoms. The van der Waals surface area contributed by atoms with Gasteiger partial charge in [-0.05, 0) is 11.8 Å². The lowest BCUT2D eigenvalue weighted by molar-refractivity contribution is -0.184. The smallest absolute Gasteiger partial charge is 0.352 e. The summed E-state index contributed by atoms with van der Waals surface area (Å²) in [6, 6.07) is -2.58. The van der Waals surface area contributed by atoms with E-state index in [1.165, 1.54) is 4.90 Å². The number of alkyl halides is 3. The highest BCUT2D eigenvalue weighted by molar-refractivity contribution is 5.87. The van der Waals surface area contributed by atoms with Crippen LogP contribution < -0.4 is 16.0 Å². The molecule has 1 saturated heterocycles. The summed E-state index contributed by atoms with van der Waals surface area (Å²) in [5.74, 6) is -0.951. The van der Waals surface area contributed by atoms with E-state index in [-0.39, 0.29) is 49.7 Å². The largest absolute Gasteiger partial charge is 0.405 e. The molecule has 1 rings (SSSR count). The molecule has 2 unspecified atom stereocenters. The number of halogens is 4. The fourth-order valence-corrected chi connectivity index (χ4v) is 2.89. The molecule has 6 nitrogen and oxygen atoms in total. The standard InChI is InChI=1S/C17H31F3N4O2.ClH/c1-11(2)9-14(25)23-15(12(3)4)16(26)22-10-13(17(18,19)20)24-7-5-21-6-8-24;/h11-13,15,21H,5-10H2,1-4H3,(H,22,26)(H,23,25);1H. The molecule has 10 heteroatoms. The number of nitrogens with zero attached hydrogens (tertiary/aromatic N) is 1. The van der Waals surface area contributed by atoms with Crippen molar-refractivity contribution in [3.8, 4) is 0 Å². The van der Waals surface area contributed by atoms with Crippen LogP contribution in [0.3, 0.4) is 0 Å². The Morgan fingerprint density at radius 2 is 1.67 bits per heavy atom. The predicted octanol–water partition coefficient (Wildman–Crippen LogP) is 1.55. The third-order valence-corrected chi connectivity index (χ3v) is 4.30. The molecule has 2 amide bonds. The van der Waals surface area contributed by atoms with Crippen LogP contribution in [0.15, 0.2) is 0 Å². The quantitative estimate of drug-likeness (QED) is 0.561. The molecule has 0 saturated carbocycles. The summed E-state index contributed by atoms with van der Waals surface area (Å²) >= 11 is 0. The first-order valence-corrected chi connectivity index (χ1v) is 9.11. The van der Waals surface area contributed by atoms with Gasteiger partial charge in [-0.1, -0.05) is 27.7 Å². The van der Waals surface area contributed by atoms with Gasteiger partial charge in [0.15, 0.2) is 0 Å². The lowest BCUT2D eigenvalue weighted by Gasteiger charge is -2.36. The lowest BCUT2D eigenvalue weighted by atomic mass is 10.0. The topological polar surface area (TPSA) is 73.5 Å². The number of rotatable bonds is 8. The van der Waals surface area contributed by atoms with Crippen molar-refractivity contribution in [3.63, 3.8) is 0 Å². The second kappa shape index (κ2) is 11.7. The van der Waals surface area contributed by atoms with E-state index < -0.39 is 30.7 Å². The Morgan fingerprint density at radius 1 is 1.11 bits per heavy atom. The Kier molecular flexibility index (Phi) is 11.2. The second-order valence-electron chi connectivity index (χ2n) is 7.48. The maximum absolute atomic E-state index is 13.4. The van der Waals surface area contributed by atoms with Crippen LogP contribution in [0.25, 0.3) is 0 Å². The summed E-state index contributed by atoms with van der Waals surface area (Å²) in [7, 11) is 0. The van der Waals surface area contributed by atoms with Gasteiger partial charge in [-0.15, -0.1) is 12.4 Å². The molecule has 0 radical (unpaired) electrons. The number of piperazine rings is 1. The summed E-state index contributed by atoms with van der Waals surface area (Å²) in [5.41, 5.74) is 0. The van der Waals surface area contributed by atoms with Crippen LogP contribution >= 0.6 is 12.4 Å². The van der Waals surface area contributed by atoms with Crippen molar-refractivity contribution in [1.82, 2.24) is 20.9 Å². The van der Waals surface area contributed by atoms with E-state index in [1.807, 2.05) is 13.8 Å². The molecule has 1 heterocycles. The highest BCUT2D eigenvalue weighted by Crippen LogP contribution is 2.24. The third kappa shape index (κ3) is 9.12. The summed E-state index contributed by atoms with van der Waals surface area (Å²) in [6.45, 7) is 8.26. The first-order valence-electron chi connectivity index (χ1n) is 9.11. The fourth-order valence-electron chi connectivity index (χ4n) is 2.89. The Hall–Kier alpha value is -1.06. The van der Waals surface area contributed by atoms with E-state index in [0.717, 1.165) is 0 Å². The zero-order valence-corrected chi connectivity index (χ0v) is 17.2. The molecular weight excluding hydrogens is 385 g/mol.